The Kier molecular flexibility index (Phi) is 2.20. The Hall–Kier alpha value is -0.730. The fraction of sp³-hybridized carbons (Fsp3) is 0.455. The summed E-state index contributed by atoms with van der Waals surface area (Å²) in [5, 5.41) is 0.711. The van der Waals surface area contributed by atoms with Crippen LogP contribution in [0.3, 0.4) is 0 Å². The minimum Gasteiger partial charge on any atom is -0.487 e. The molecule has 0 saturated heterocycles. The van der Waals surface area contributed by atoms with E-state index in [1.165, 1.54) is 0 Å². The molecule has 1 aliphatic heterocycles. The van der Waals surface area contributed by atoms with Gasteiger partial charge in [0.15, 0.2) is 0 Å². The highest BCUT2D eigenvalue weighted by Crippen LogP contribution is 2.39. The van der Waals surface area contributed by atoms with Crippen LogP contribution in [0.4, 0.5) is 0 Å². The Morgan fingerprint density at radius 2 is 2.21 bits per heavy atom. The van der Waals surface area contributed by atoms with Gasteiger partial charge in [-0.25, -0.2) is 0 Å². The molecular formula is C11H14ClNO. The summed E-state index contributed by atoms with van der Waals surface area (Å²) < 4.78 is 5.81. The molecule has 0 fully saturated rings. The van der Waals surface area contributed by atoms with Crippen LogP contribution in [0.5, 0.6) is 5.75 Å². The second-order valence-corrected chi connectivity index (χ2v) is 4.79. The summed E-state index contributed by atoms with van der Waals surface area (Å²) in [6, 6.07) is 5.62. The van der Waals surface area contributed by atoms with Gasteiger partial charge in [-0.15, -0.1) is 0 Å². The molecule has 0 saturated carbocycles. The standard InChI is InChI=1S/C11H14ClNO/c1-11(2)6-9(13)8-5-7(12)3-4-10(8)14-11/h3-5,9H,6,13H2,1-2H3. The molecule has 0 radical (unpaired) electrons. The van der Waals surface area contributed by atoms with Crippen molar-refractivity contribution in [2.45, 2.75) is 31.9 Å². The predicted octanol–water partition coefficient (Wildman–Crippen LogP) is 2.90. The summed E-state index contributed by atoms with van der Waals surface area (Å²) in [5.41, 5.74) is 6.88. The van der Waals surface area contributed by atoms with E-state index in [1.807, 2.05) is 32.0 Å². The van der Waals surface area contributed by atoms with Crippen molar-refractivity contribution in [2.24, 2.45) is 5.73 Å². The van der Waals surface area contributed by atoms with E-state index in [9.17, 15) is 0 Å². The topological polar surface area (TPSA) is 35.2 Å². The summed E-state index contributed by atoms with van der Waals surface area (Å²) in [4.78, 5) is 0. The highest BCUT2D eigenvalue weighted by atomic mass is 35.5. The molecule has 1 unspecified atom stereocenters. The smallest absolute Gasteiger partial charge is 0.124 e. The molecule has 2 rings (SSSR count). The lowest BCUT2D eigenvalue weighted by Crippen LogP contribution is -2.37. The van der Waals surface area contributed by atoms with Gasteiger partial charge in [0, 0.05) is 23.0 Å². The summed E-state index contributed by atoms with van der Waals surface area (Å²) in [5.74, 6) is 0.859. The predicted molar refractivity (Wildman–Crippen MR) is 57.7 cm³/mol. The van der Waals surface area contributed by atoms with E-state index in [-0.39, 0.29) is 11.6 Å². The van der Waals surface area contributed by atoms with Crippen LogP contribution >= 0.6 is 11.6 Å². The maximum atomic E-state index is 6.05. The van der Waals surface area contributed by atoms with Gasteiger partial charge in [0.25, 0.3) is 0 Å². The van der Waals surface area contributed by atoms with Crippen LogP contribution in [0.2, 0.25) is 5.02 Å². The molecule has 1 aliphatic rings. The SMILES string of the molecule is CC1(C)CC(N)c2cc(Cl)ccc2O1. The number of halogens is 1. The van der Waals surface area contributed by atoms with Gasteiger partial charge in [-0.3, -0.25) is 0 Å². The Morgan fingerprint density at radius 3 is 2.93 bits per heavy atom. The van der Waals surface area contributed by atoms with Crippen molar-refractivity contribution < 1.29 is 4.74 Å². The molecular weight excluding hydrogens is 198 g/mol. The van der Waals surface area contributed by atoms with Gasteiger partial charge in [0.05, 0.1) is 0 Å². The number of nitrogens with two attached hydrogens (primary N) is 1. The van der Waals surface area contributed by atoms with Gasteiger partial charge in [-0.1, -0.05) is 11.6 Å². The minimum atomic E-state index is -0.180. The summed E-state index contributed by atoms with van der Waals surface area (Å²) >= 11 is 5.90. The quantitative estimate of drug-likeness (QED) is 0.716. The summed E-state index contributed by atoms with van der Waals surface area (Å²) in [7, 11) is 0. The minimum absolute atomic E-state index is 0.0208. The van der Waals surface area contributed by atoms with E-state index < -0.39 is 0 Å². The third-order valence-corrected chi connectivity index (χ3v) is 2.70. The van der Waals surface area contributed by atoms with Crippen molar-refractivity contribution in [3.63, 3.8) is 0 Å². The molecule has 14 heavy (non-hydrogen) atoms. The third kappa shape index (κ3) is 1.72. The molecule has 0 aromatic heterocycles. The number of hydrogen-bond donors (Lipinski definition) is 1. The maximum Gasteiger partial charge on any atom is 0.124 e. The second-order valence-electron chi connectivity index (χ2n) is 4.35. The van der Waals surface area contributed by atoms with Crippen LogP contribution in [-0.4, -0.2) is 5.60 Å². The first-order valence-electron chi connectivity index (χ1n) is 4.72. The lowest BCUT2D eigenvalue weighted by molar-refractivity contribution is 0.0729. The second kappa shape index (κ2) is 3.14. The zero-order chi connectivity index (χ0) is 10.3. The molecule has 0 bridgehead atoms. The van der Waals surface area contributed by atoms with E-state index in [4.69, 9.17) is 22.1 Å². The van der Waals surface area contributed by atoms with Crippen LogP contribution in [-0.2, 0) is 0 Å². The van der Waals surface area contributed by atoms with Crippen LogP contribution in [0.25, 0.3) is 0 Å². The largest absolute Gasteiger partial charge is 0.487 e. The third-order valence-electron chi connectivity index (χ3n) is 2.47. The van der Waals surface area contributed by atoms with E-state index >= 15 is 0 Å². The fourth-order valence-corrected chi connectivity index (χ4v) is 2.06. The summed E-state index contributed by atoms with van der Waals surface area (Å²) in [6.07, 6.45) is 0.820. The molecule has 0 amide bonds. The van der Waals surface area contributed by atoms with Gasteiger partial charge in [-0.05, 0) is 32.0 Å². The van der Waals surface area contributed by atoms with E-state index in [0.29, 0.717) is 5.02 Å². The zero-order valence-corrected chi connectivity index (χ0v) is 9.14. The zero-order valence-electron chi connectivity index (χ0n) is 8.38. The average Bonchev–Trinajstić information content (AvgIpc) is 2.05. The van der Waals surface area contributed by atoms with Gasteiger partial charge >= 0.3 is 0 Å². The molecule has 76 valence electrons. The summed E-state index contributed by atoms with van der Waals surface area (Å²) in [6.45, 7) is 4.09. The van der Waals surface area contributed by atoms with Crippen molar-refractivity contribution in [1.82, 2.24) is 0 Å². The lowest BCUT2D eigenvalue weighted by Gasteiger charge is -2.36. The van der Waals surface area contributed by atoms with Gasteiger partial charge in [0.2, 0.25) is 0 Å². The van der Waals surface area contributed by atoms with Crippen LogP contribution < -0.4 is 10.5 Å². The monoisotopic (exact) mass is 211 g/mol. The number of benzene rings is 1. The molecule has 0 aliphatic carbocycles. The Labute approximate surface area is 89.0 Å². The number of ether oxygens (including phenoxy) is 1. The van der Waals surface area contributed by atoms with Crippen molar-refractivity contribution in [2.75, 3.05) is 0 Å². The van der Waals surface area contributed by atoms with Gasteiger partial charge in [0.1, 0.15) is 11.4 Å². The Bertz CT molecular complexity index is 362. The molecule has 1 aromatic carbocycles. The molecule has 0 spiro atoms. The van der Waals surface area contributed by atoms with E-state index in [0.717, 1.165) is 17.7 Å². The Morgan fingerprint density at radius 1 is 1.50 bits per heavy atom. The first-order chi connectivity index (χ1) is 6.48. The van der Waals surface area contributed by atoms with Crippen molar-refractivity contribution in [3.8, 4) is 5.75 Å². The molecule has 3 heteroatoms. The van der Waals surface area contributed by atoms with Crippen LogP contribution in [0.1, 0.15) is 31.9 Å². The number of rotatable bonds is 0. The van der Waals surface area contributed by atoms with Crippen LogP contribution in [0.15, 0.2) is 18.2 Å². The average molecular weight is 212 g/mol. The first-order valence-corrected chi connectivity index (χ1v) is 5.10. The maximum absolute atomic E-state index is 6.05. The van der Waals surface area contributed by atoms with Crippen molar-refractivity contribution in [1.29, 1.82) is 0 Å². The highest BCUT2D eigenvalue weighted by molar-refractivity contribution is 6.30. The normalized spacial score (nSPS) is 23.9. The van der Waals surface area contributed by atoms with Crippen LogP contribution in [0, 0.1) is 0 Å². The molecule has 1 atom stereocenters. The molecule has 1 heterocycles. The number of hydrogen-bond acceptors (Lipinski definition) is 2. The Balaban J connectivity index is 2.45. The number of fused-ring (bicyclic) bond motifs is 1. The van der Waals surface area contributed by atoms with Gasteiger partial charge in [-0.2, -0.15) is 0 Å². The molecule has 2 nitrogen and oxygen atoms in total. The fourth-order valence-electron chi connectivity index (χ4n) is 1.88. The highest BCUT2D eigenvalue weighted by Gasteiger charge is 2.31. The van der Waals surface area contributed by atoms with E-state index in [1.54, 1.807) is 0 Å². The van der Waals surface area contributed by atoms with E-state index in [2.05, 4.69) is 0 Å². The first kappa shape index (κ1) is 9.81. The van der Waals surface area contributed by atoms with Crippen molar-refractivity contribution in [3.05, 3.63) is 28.8 Å². The van der Waals surface area contributed by atoms with Crippen molar-refractivity contribution >= 4 is 11.6 Å². The van der Waals surface area contributed by atoms with Gasteiger partial charge < -0.3 is 10.5 Å². The molecule has 2 N–H and O–H groups in total. The lowest BCUT2D eigenvalue weighted by atomic mass is 9.90. The molecule has 1 aromatic rings.